The fourth-order valence-electron chi connectivity index (χ4n) is 3.03. The van der Waals surface area contributed by atoms with Gasteiger partial charge in [0, 0.05) is 6.92 Å². The highest BCUT2D eigenvalue weighted by Crippen LogP contribution is 2.33. The average molecular weight is 339 g/mol. The minimum Gasteiger partial charge on any atom is -0.481 e. The van der Waals surface area contributed by atoms with Crippen molar-refractivity contribution in [2.45, 2.75) is 33.6 Å². The number of ether oxygens (including phenoxy) is 2. The van der Waals surface area contributed by atoms with Crippen molar-refractivity contribution in [3.63, 3.8) is 0 Å². The molecular weight excluding hydrogens is 318 g/mol. The predicted molar refractivity (Wildman–Crippen MR) is 95.2 cm³/mol. The Hall–Kier alpha value is -2.82. The number of hydrogen-bond acceptors (Lipinski definition) is 4. The normalized spacial score (nSPS) is 12.8. The summed E-state index contributed by atoms with van der Waals surface area (Å²) in [5.74, 6) is 0.913. The Morgan fingerprint density at radius 3 is 2.56 bits per heavy atom. The van der Waals surface area contributed by atoms with E-state index in [-0.39, 0.29) is 18.5 Å². The molecule has 25 heavy (non-hydrogen) atoms. The van der Waals surface area contributed by atoms with E-state index in [4.69, 9.17) is 9.47 Å². The Morgan fingerprint density at radius 1 is 1.12 bits per heavy atom. The molecule has 0 spiro atoms. The fourth-order valence-corrected chi connectivity index (χ4v) is 3.03. The van der Waals surface area contributed by atoms with Crippen LogP contribution < -0.4 is 14.8 Å². The average Bonchev–Trinajstić information content (AvgIpc) is 2.54. The van der Waals surface area contributed by atoms with Crippen LogP contribution in [-0.4, -0.2) is 18.5 Å². The maximum Gasteiger partial charge on any atom is 0.308 e. The number of rotatable bonds is 4. The van der Waals surface area contributed by atoms with Crippen molar-refractivity contribution in [2.75, 3.05) is 11.9 Å². The Balaban J connectivity index is 1.72. The van der Waals surface area contributed by atoms with E-state index in [9.17, 15) is 9.59 Å². The van der Waals surface area contributed by atoms with Gasteiger partial charge in [0.15, 0.2) is 6.61 Å². The lowest BCUT2D eigenvalue weighted by Gasteiger charge is -2.21. The minimum atomic E-state index is -0.315. The number of fused-ring (bicyclic) bond motifs is 1. The van der Waals surface area contributed by atoms with Crippen molar-refractivity contribution in [2.24, 2.45) is 0 Å². The topological polar surface area (TPSA) is 64.6 Å². The molecular formula is C20H21NO4. The van der Waals surface area contributed by atoms with Gasteiger partial charge in [0.1, 0.15) is 11.5 Å². The van der Waals surface area contributed by atoms with Gasteiger partial charge in [-0.3, -0.25) is 9.59 Å². The maximum absolute atomic E-state index is 11.5. The van der Waals surface area contributed by atoms with Crippen LogP contribution in [0.25, 0.3) is 0 Å². The lowest BCUT2D eigenvalue weighted by atomic mass is 10.00. The van der Waals surface area contributed by atoms with Crippen LogP contribution in [0.1, 0.15) is 29.2 Å². The molecule has 0 aliphatic carbocycles. The zero-order valence-corrected chi connectivity index (χ0v) is 14.6. The van der Waals surface area contributed by atoms with Gasteiger partial charge in [-0.25, -0.2) is 0 Å². The number of nitrogens with one attached hydrogen (secondary N) is 1. The van der Waals surface area contributed by atoms with E-state index < -0.39 is 0 Å². The summed E-state index contributed by atoms with van der Waals surface area (Å²) in [6.07, 6.45) is 1.70. The second kappa shape index (κ2) is 6.97. The smallest absolute Gasteiger partial charge is 0.308 e. The number of carbonyl (C=O) groups excluding carboxylic acids is 2. The summed E-state index contributed by atoms with van der Waals surface area (Å²) in [6.45, 7) is 5.38. The van der Waals surface area contributed by atoms with Gasteiger partial charge in [-0.05, 0) is 61.1 Å². The highest BCUT2D eigenvalue weighted by molar-refractivity contribution is 5.95. The van der Waals surface area contributed by atoms with E-state index in [0.29, 0.717) is 5.75 Å². The maximum atomic E-state index is 11.5. The van der Waals surface area contributed by atoms with Gasteiger partial charge in [0.05, 0.1) is 5.69 Å². The third kappa shape index (κ3) is 3.99. The molecule has 2 aromatic rings. The van der Waals surface area contributed by atoms with Gasteiger partial charge in [0.25, 0.3) is 5.91 Å². The van der Waals surface area contributed by atoms with E-state index in [2.05, 4.69) is 11.4 Å². The van der Waals surface area contributed by atoms with Crippen LogP contribution >= 0.6 is 0 Å². The molecule has 1 amide bonds. The van der Waals surface area contributed by atoms with E-state index in [1.54, 1.807) is 0 Å². The molecule has 3 rings (SSSR count). The molecule has 0 saturated carbocycles. The second-order valence-electron chi connectivity index (χ2n) is 6.32. The molecule has 5 nitrogen and oxygen atoms in total. The van der Waals surface area contributed by atoms with Crippen molar-refractivity contribution in [1.29, 1.82) is 0 Å². The first kappa shape index (κ1) is 17.0. The third-order valence-corrected chi connectivity index (χ3v) is 4.15. The molecule has 0 unspecified atom stereocenters. The Kier molecular flexibility index (Phi) is 4.74. The molecule has 0 saturated heterocycles. The SMILES string of the molecule is CC(=O)Oc1ccc(CCc2cc(C)c3c(c2)NC(=O)CO3)cc1C. The summed E-state index contributed by atoms with van der Waals surface area (Å²) >= 11 is 0. The molecule has 1 N–H and O–H groups in total. The van der Waals surface area contributed by atoms with Crippen LogP contribution in [-0.2, 0) is 22.4 Å². The van der Waals surface area contributed by atoms with Gasteiger partial charge in [-0.1, -0.05) is 18.2 Å². The van der Waals surface area contributed by atoms with Crippen molar-refractivity contribution in [1.82, 2.24) is 0 Å². The first-order valence-electron chi connectivity index (χ1n) is 8.26. The van der Waals surface area contributed by atoms with Crippen LogP contribution in [0, 0.1) is 13.8 Å². The monoisotopic (exact) mass is 339 g/mol. The molecule has 1 aliphatic heterocycles. The van der Waals surface area contributed by atoms with Crippen LogP contribution in [0.3, 0.4) is 0 Å². The number of aryl methyl sites for hydroxylation is 4. The van der Waals surface area contributed by atoms with Crippen molar-refractivity contribution in [3.05, 3.63) is 52.6 Å². The van der Waals surface area contributed by atoms with Gasteiger partial charge >= 0.3 is 5.97 Å². The quantitative estimate of drug-likeness (QED) is 0.685. The highest BCUT2D eigenvalue weighted by Gasteiger charge is 2.18. The van der Waals surface area contributed by atoms with Gasteiger partial charge in [0.2, 0.25) is 0 Å². The molecule has 5 heteroatoms. The Bertz CT molecular complexity index is 842. The second-order valence-corrected chi connectivity index (χ2v) is 6.32. The largest absolute Gasteiger partial charge is 0.481 e. The number of carbonyl (C=O) groups is 2. The number of amides is 1. The number of hydrogen-bond donors (Lipinski definition) is 1. The first-order chi connectivity index (χ1) is 11.9. The fraction of sp³-hybridized carbons (Fsp3) is 0.300. The van der Waals surface area contributed by atoms with Crippen LogP contribution in [0.15, 0.2) is 30.3 Å². The molecule has 1 heterocycles. The van der Waals surface area contributed by atoms with Crippen LogP contribution in [0.2, 0.25) is 0 Å². The summed E-state index contributed by atoms with van der Waals surface area (Å²) in [5, 5.41) is 2.86. The van der Waals surface area contributed by atoms with Gasteiger partial charge < -0.3 is 14.8 Å². The summed E-state index contributed by atoms with van der Waals surface area (Å²) in [7, 11) is 0. The summed E-state index contributed by atoms with van der Waals surface area (Å²) in [5.41, 5.74) is 5.02. The lowest BCUT2D eigenvalue weighted by molar-refractivity contribution is -0.132. The number of benzene rings is 2. The van der Waals surface area contributed by atoms with Crippen LogP contribution in [0.4, 0.5) is 5.69 Å². The molecule has 2 aromatic carbocycles. The standard InChI is InChI=1S/C20H21NO4/c1-12-8-15(6-7-18(12)25-14(3)22)4-5-16-9-13(2)20-17(10-16)21-19(23)11-24-20/h6-10H,4-5,11H2,1-3H3,(H,21,23). The molecule has 1 aliphatic rings. The Labute approximate surface area is 147 Å². The molecule has 0 radical (unpaired) electrons. The summed E-state index contributed by atoms with van der Waals surface area (Å²) < 4.78 is 10.6. The molecule has 0 aromatic heterocycles. The van der Waals surface area contributed by atoms with E-state index >= 15 is 0 Å². The molecule has 0 atom stereocenters. The van der Waals surface area contributed by atoms with Crippen molar-refractivity contribution < 1.29 is 19.1 Å². The van der Waals surface area contributed by atoms with E-state index in [1.807, 2.05) is 38.1 Å². The summed E-state index contributed by atoms with van der Waals surface area (Å²) in [6, 6.07) is 9.91. The molecule has 0 fully saturated rings. The van der Waals surface area contributed by atoms with E-state index in [1.165, 1.54) is 12.5 Å². The third-order valence-electron chi connectivity index (χ3n) is 4.15. The Morgan fingerprint density at radius 2 is 1.84 bits per heavy atom. The zero-order valence-electron chi connectivity index (χ0n) is 14.6. The highest BCUT2D eigenvalue weighted by atomic mass is 16.5. The zero-order chi connectivity index (χ0) is 18.0. The first-order valence-corrected chi connectivity index (χ1v) is 8.26. The lowest BCUT2D eigenvalue weighted by Crippen LogP contribution is -2.26. The van der Waals surface area contributed by atoms with Crippen LogP contribution in [0.5, 0.6) is 11.5 Å². The number of anilines is 1. The molecule has 0 bridgehead atoms. The van der Waals surface area contributed by atoms with Crippen molar-refractivity contribution >= 4 is 17.6 Å². The molecule has 130 valence electrons. The minimum absolute atomic E-state index is 0.0706. The van der Waals surface area contributed by atoms with E-state index in [0.717, 1.165) is 41.0 Å². The van der Waals surface area contributed by atoms with Crippen molar-refractivity contribution in [3.8, 4) is 11.5 Å². The predicted octanol–water partition coefficient (Wildman–Crippen LogP) is 3.34. The van der Waals surface area contributed by atoms with Gasteiger partial charge in [-0.15, -0.1) is 0 Å². The van der Waals surface area contributed by atoms with Gasteiger partial charge in [-0.2, -0.15) is 0 Å². The number of esters is 1. The summed E-state index contributed by atoms with van der Waals surface area (Å²) in [4.78, 5) is 22.6.